The van der Waals surface area contributed by atoms with Gasteiger partial charge in [0.15, 0.2) is 5.13 Å². The third-order valence-electron chi connectivity index (χ3n) is 3.79. The van der Waals surface area contributed by atoms with Crippen molar-refractivity contribution in [3.63, 3.8) is 0 Å². The number of piperidine rings is 1. The predicted octanol–water partition coefficient (Wildman–Crippen LogP) is 3.56. The molecule has 0 radical (unpaired) electrons. The second kappa shape index (κ2) is 7.72. The lowest BCUT2D eigenvalue weighted by atomic mass is 9.93. The number of carbonyl (C=O) groups is 1. The summed E-state index contributed by atoms with van der Waals surface area (Å²) in [5.41, 5.74) is 1.13. The summed E-state index contributed by atoms with van der Waals surface area (Å²) in [6.07, 6.45) is 3.61. The molecule has 1 aliphatic rings. The molecular weight excluding hydrogens is 318 g/mol. The Morgan fingerprint density at radius 3 is 2.86 bits per heavy atom. The number of halogens is 1. The maximum atomic E-state index is 12.3. The highest BCUT2D eigenvalue weighted by atomic mass is 35.5. The van der Waals surface area contributed by atoms with Crippen molar-refractivity contribution in [2.45, 2.75) is 25.8 Å². The SMILES string of the molecule is C[C@H]1C[C@@H](C(=O)Nc2ncc(-c3ccccc3)s2)CCN1.Cl. The number of anilines is 1. The molecule has 1 amide bonds. The Hall–Kier alpha value is -1.43. The van der Waals surface area contributed by atoms with E-state index in [-0.39, 0.29) is 24.2 Å². The van der Waals surface area contributed by atoms with Gasteiger partial charge in [-0.2, -0.15) is 0 Å². The van der Waals surface area contributed by atoms with Crippen LogP contribution >= 0.6 is 23.7 Å². The molecule has 1 aliphatic heterocycles. The molecule has 2 N–H and O–H groups in total. The third kappa shape index (κ3) is 4.06. The van der Waals surface area contributed by atoms with Gasteiger partial charge in [-0.25, -0.2) is 4.98 Å². The van der Waals surface area contributed by atoms with Crippen LogP contribution in [-0.2, 0) is 4.79 Å². The van der Waals surface area contributed by atoms with E-state index in [0.29, 0.717) is 11.2 Å². The van der Waals surface area contributed by atoms with Crippen LogP contribution in [0.3, 0.4) is 0 Å². The van der Waals surface area contributed by atoms with Crippen LogP contribution in [0.1, 0.15) is 19.8 Å². The fraction of sp³-hybridized carbons (Fsp3) is 0.375. The number of amides is 1. The van der Waals surface area contributed by atoms with Gasteiger partial charge in [0.25, 0.3) is 0 Å². The summed E-state index contributed by atoms with van der Waals surface area (Å²) in [6, 6.07) is 10.5. The summed E-state index contributed by atoms with van der Waals surface area (Å²) in [6.45, 7) is 3.03. The Morgan fingerprint density at radius 1 is 1.36 bits per heavy atom. The first-order chi connectivity index (χ1) is 10.2. The molecule has 0 spiro atoms. The first-order valence-electron chi connectivity index (χ1n) is 7.28. The zero-order chi connectivity index (χ0) is 14.7. The quantitative estimate of drug-likeness (QED) is 0.900. The van der Waals surface area contributed by atoms with E-state index in [4.69, 9.17) is 0 Å². The van der Waals surface area contributed by atoms with Gasteiger partial charge in [0.05, 0.1) is 4.88 Å². The smallest absolute Gasteiger partial charge is 0.229 e. The van der Waals surface area contributed by atoms with Crippen molar-refractivity contribution in [2.75, 3.05) is 11.9 Å². The normalized spacial score (nSPS) is 21.0. The van der Waals surface area contributed by atoms with Crippen LogP contribution in [0.5, 0.6) is 0 Å². The van der Waals surface area contributed by atoms with Gasteiger partial charge >= 0.3 is 0 Å². The minimum atomic E-state index is 0. The minimum Gasteiger partial charge on any atom is -0.314 e. The monoisotopic (exact) mass is 337 g/mol. The van der Waals surface area contributed by atoms with Crippen molar-refractivity contribution in [1.29, 1.82) is 0 Å². The zero-order valence-electron chi connectivity index (χ0n) is 12.4. The molecule has 0 bridgehead atoms. The largest absolute Gasteiger partial charge is 0.314 e. The van der Waals surface area contributed by atoms with E-state index in [9.17, 15) is 4.79 Å². The standard InChI is InChI=1S/C16H19N3OS.ClH/c1-11-9-13(7-8-17-11)15(20)19-16-18-10-14(21-16)12-5-3-2-4-6-12;/h2-6,10-11,13,17H,7-9H2,1H3,(H,18,19,20);1H/t11-,13-;/m0./s1. The van der Waals surface area contributed by atoms with Gasteiger partial charge in [-0.15, -0.1) is 12.4 Å². The average molecular weight is 338 g/mol. The molecule has 0 saturated carbocycles. The molecule has 22 heavy (non-hydrogen) atoms. The van der Waals surface area contributed by atoms with E-state index >= 15 is 0 Å². The highest BCUT2D eigenvalue weighted by Crippen LogP contribution is 2.29. The molecule has 1 aromatic carbocycles. The van der Waals surface area contributed by atoms with Gasteiger partial charge in [-0.05, 0) is 31.9 Å². The van der Waals surface area contributed by atoms with Gasteiger partial charge in [0.1, 0.15) is 0 Å². The van der Waals surface area contributed by atoms with E-state index < -0.39 is 0 Å². The van der Waals surface area contributed by atoms with Gasteiger partial charge in [0.2, 0.25) is 5.91 Å². The highest BCUT2D eigenvalue weighted by molar-refractivity contribution is 7.19. The first kappa shape index (κ1) is 16.9. The number of carbonyl (C=O) groups excluding carboxylic acids is 1. The molecule has 1 fully saturated rings. The van der Waals surface area contributed by atoms with Crippen molar-refractivity contribution in [3.05, 3.63) is 36.5 Å². The van der Waals surface area contributed by atoms with Crippen LogP contribution < -0.4 is 10.6 Å². The lowest BCUT2D eigenvalue weighted by Crippen LogP contribution is -2.40. The van der Waals surface area contributed by atoms with Gasteiger partial charge in [0, 0.05) is 18.2 Å². The average Bonchev–Trinajstić information content (AvgIpc) is 2.97. The summed E-state index contributed by atoms with van der Waals surface area (Å²) >= 11 is 1.52. The van der Waals surface area contributed by atoms with Crippen LogP contribution in [0.2, 0.25) is 0 Å². The number of nitrogens with one attached hydrogen (secondary N) is 2. The van der Waals surface area contributed by atoms with Crippen LogP contribution in [0, 0.1) is 5.92 Å². The third-order valence-corrected chi connectivity index (χ3v) is 4.75. The van der Waals surface area contributed by atoms with Crippen LogP contribution in [0.25, 0.3) is 10.4 Å². The number of benzene rings is 1. The molecule has 4 nitrogen and oxygen atoms in total. The van der Waals surface area contributed by atoms with Gasteiger partial charge in [-0.3, -0.25) is 4.79 Å². The molecule has 1 aromatic heterocycles. The summed E-state index contributed by atoms with van der Waals surface area (Å²) in [5.74, 6) is 0.183. The number of hydrogen-bond donors (Lipinski definition) is 2. The lowest BCUT2D eigenvalue weighted by molar-refractivity contribution is -0.120. The maximum Gasteiger partial charge on any atom is 0.229 e. The summed E-state index contributed by atoms with van der Waals surface area (Å²) < 4.78 is 0. The maximum absolute atomic E-state index is 12.3. The molecule has 2 atom stereocenters. The summed E-state index contributed by atoms with van der Waals surface area (Å²) in [4.78, 5) is 17.7. The van der Waals surface area contributed by atoms with Crippen LogP contribution in [-0.4, -0.2) is 23.5 Å². The van der Waals surface area contributed by atoms with Gasteiger partial charge in [-0.1, -0.05) is 41.7 Å². The van der Waals surface area contributed by atoms with E-state index in [1.54, 1.807) is 0 Å². The van der Waals surface area contributed by atoms with Crippen molar-refractivity contribution < 1.29 is 4.79 Å². The van der Waals surface area contributed by atoms with Crippen molar-refractivity contribution in [2.24, 2.45) is 5.92 Å². The predicted molar refractivity (Wildman–Crippen MR) is 93.6 cm³/mol. The zero-order valence-corrected chi connectivity index (χ0v) is 14.0. The second-order valence-electron chi connectivity index (χ2n) is 5.46. The van der Waals surface area contributed by atoms with Gasteiger partial charge < -0.3 is 10.6 Å². The number of nitrogens with zero attached hydrogens (tertiary/aromatic N) is 1. The lowest BCUT2D eigenvalue weighted by Gasteiger charge is -2.26. The van der Waals surface area contributed by atoms with E-state index in [2.05, 4.69) is 22.5 Å². The Kier molecular flexibility index (Phi) is 5.94. The fourth-order valence-corrected chi connectivity index (χ4v) is 3.47. The van der Waals surface area contributed by atoms with E-state index in [1.165, 1.54) is 11.3 Å². The molecule has 1 saturated heterocycles. The number of aromatic nitrogens is 1. The first-order valence-corrected chi connectivity index (χ1v) is 8.09. The number of rotatable bonds is 3. The molecule has 6 heteroatoms. The van der Waals surface area contributed by atoms with Crippen molar-refractivity contribution in [3.8, 4) is 10.4 Å². The highest BCUT2D eigenvalue weighted by Gasteiger charge is 2.25. The topological polar surface area (TPSA) is 54.0 Å². The van der Waals surface area contributed by atoms with Crippen molar-refractivity contribution in [1.82, 2.24) is 10.3 Å². The Labute approximate surface area is 140 Å². The fourth-order valence-electron chi connectivity index (χ4n) is 2.65. The summed E-state index contributed by atoms with van der Waals surface area (Å²) in [7, 11) is 0. The summed E-state index contributed by atoms with van der Waals surface area (Å²) in [5, 5.41) is 7.01. The molecule has 0 unspecified atom stereocenters. The molecule has 3 rings (SSSR count). The number of hydrogen-bond acceptors (Lipinski definition) is 4. The molecular formula is C16H20ClN3OS. The minimum absolute atomic E-state index is 0. The molecule has 2 heterocycles. The Balaban J connectivity index is 0.00000176. The number of thiazole rings is 1. The Bertz CT molecular complexity index is 617. The molecule has 0 aliphatic carbocycles. The van der Waals surface area contributed by atoms with Crippen LogP contribution in [0.4, 0.5) is 5.13 Å². The van der Waals surface area contributed by atoms with E-state index in [0.717, 1.165) is 29.8 Å². The molecule has 2 aromatic rings. The van der Waals surface area contributed by atoms with E-state index in [1.807, 2.05) is 36.5 Å². The second-order valence-corrected chi connectivity index (χ2v) is 6.49. The van der Waals surface area contributed by atoms with Crippen LogP contribution in [0.15, 0.2) is 36.5 Å². The Morgan fingerprint density at radius 2 is 2.14 bits per heavy atom. The van der Waals surface area contributed by atoms with Crippen molar-refractivity contribution >= 4 is 34.8 Å². The molecule has 118 valence electrons.